The number of nitrogens with one attached hydrogen (secondary N) is 1. The summed E-state index contributed by atoms with van der Waals surface area (Å²) in [6.07, 6.45) is 1.67. The highest BCUT2D eigenvalue weighted by Crippen LogP contribution is 2.20. The van der Waals surface area contributed by atoms with Crippen molar-refractivity contribution in [2.75, 3.05) is 10.2 Å². The molecule has 3 aromatic rings. The smallest absolute Gasteiger partial charge is 0.249 e. The van der Waals surface area contributed by atoms with E-state index < -0.39 is 0 Å². The third kappa shape index (κ3) is 4.88. The lowest BCUT2D eigenvalue weighted by molar-refractivity contribution is 0.101. The monoisotopic (exact) mass is 361 g/mol. The Morgan fingerprint density at radius 2 is 1.89 bits per heavy atom. The van der Waals surface area contributed by atoms with Crippen molar-refractivity contribution in [3.05, 3.63) is 71.9 Å². The zero-order chi connectivity index (χ0) is 19.2. The van der Waals surface area contributed by atoms with Crippen LogP contribution in [0.1, 0.15) is 36.7 Å². The van der Waals surface area contributed by atoms with Crippen molar-refractivity contribution in [3.8, 4) is 0 Å². The molecule has 1 aromatic heterocycles. The van der Waals surface area contributed by atoms with Crippen LogP contribution in [0.25, 0.3) is 0 Å². The molecular formula is C21H23N5O. The van der Waals surface area contributed by atoms with Gasteiger partial charge in [0.1, 0.15) is 0 Å². The number of Topliss-reactive ketones (excluding diaryl/α,β-unsaturated/α-hetero) is 1. The van der Waals surface area contributed by atoms with E-state index in [1.165, 1.54) is 5.56 Å². The van der Waals surface area contributed by atoms with Crippen molar-refractivity contribution in [2.24, 2.45) is 0 Å². The van der Waals surface area contributed by atoms with E-state index in [1.807, 2.05) is 30.3 Å². The first-order chi connectivity index (χ1) is 13.0. The van der Waals surface area contributed by atoms with Crippen LogP contribution in [0.15, 0.2) is 60.8 Å². The average Bonchev–Trinajstić information content (AvgIpc) is 2.67. The predicted octanol–water partition coefficient (Wildman–Crippen LogP) is 4.23. The molecular weight excluding hydrogens is 338 g/mol. The standard InChI is InChI=1S/C21H23N5O/c1-15(2)26(14-17-8-5-4-6-9-17)20-13-22-25-21(24-20)23-19-11-7-10-18(12-19)16(3)27/h4-13,15H,14H2,1-3H3,(H,23,24,25). The fourth-order valence-electron chi connectivity index (χ4n) is 2.74. The molecule has 6 nitrogen and oxygen atoms in total. The summed E-state index contributed by atoms with van der Waals surface area (Å²) in [7, 11) is 0. The van der Waals surface area contributed by atoms with Crippen molar-refractivity contribution in [1.29, 1.82) is 0 Å². The second kappa shape index (κ2) is 8.40. The van der Waals surface area contributed by atoms with E-state index in [4.69, 9.17) is 0 Å². The number of hydrogen-bond donors (Lipinski definition) is 1. The normalized spacial score (nSPS) is 10.7. The molecule has 1 heterocycles. The van der Waals surface area contributed by atoms with Gasteiger partial charge in [0.15, 0.2) is 11.6 Å². The number of nitrogens with zero attached hydrogens (tertiary/aromatic N) is 4. The van der Waals surface area contributed by atoms with Gasteiger partial charge < -0.3 is 10.2 Å². The Balaban J connectivity index is 1.83. The third-order valence-electron chi connectivity index (χ3n) is 4.18. The molecule has 0 radical (unpaired) electrons. The first-order valence-electron chi connectivity index (χ1n) is 8.91. The summed E-state index contributed by atoms with van der Waals surface area (Å²) in [4.78, 5) is 18.3. The van der Waals surface area contributed by atoms with E-state index in [-0.39, 0.29) is 11.8 Å². The summed E-state index contributed by atoms with van der Waals surface area (Å²) in [5.41, 5.74) is 2.59. The number of aromatic nitrogens is 3. The largest absolute Gasteiger partial charge is 0.348 e. The van der Waals surface area contributed by atoms with Crippen molar-refractivity contribution in [1.82, 2.24) is 15.2 Å². The van der Waals surface area contributed by atoms with Gasteiger partial charge in [-0.15, -0.1) is 5.10 Å². The molecule has 3 rings (SSSR count). The van der Waals surface area contributed by atoms with Gasteiger partial charge in [0, 0.05) is 23.8 Å². The lowest BCUT2D eigenvalue weighted by Crippen LogP contribution is -2.31. The van der Waals surface area contributed by atoms with E-state index in [0.29, 0.717) is 11.5 Å². The molecule has 1 N–H and O–H groups in total. The second-order valence-electron chi connectivity index (χ2n) is 6.61. The lowest BCUT2D eigenvalue weighted by atomic mass is 10.1. The molecule has 0 unspecified atom stereocenters. The van der Waals surface area contributed by atoms with Gasteiger partial charge >= 0.3 is 0 Å². The third-order valence-corrected chi connectivity index (χ3v) is 4.18. The molecule has 0 spiro atoms. The van der Waals surface area contributed by atoms with Crippen LogP contribution in [0.4, 0.5) is 17.5 Å². The van der Waals surface area contributed by atoms with Crippen LogP contribution in [0.3, 0.4) is 0 Å². The Kier molecular flexibility index (Phi) is 5.76. The number of carbonyl (C=O) groups excluding carboxylic acids is 1. The molecule has 0 amide bonds. The first-order valence-corrected chi connectivity index (χ1v) is 8.91. The van der Waals surface area contributed by atoms with Gasteiger partial charge in [0.05, 0.1) is 6.20 Å². The van der Waals surface area contributed by atoms with Gasteiger partial charge in [0.2, 0.25) is 5.95 Å². The number of hydrogen-bond acceptors (Lipinski definition) is 6. The number of ketones is 1. The van der Waals surface area contributed by atoms with Crippen molar-refractivity contribution < 1.29 is 4.79 Å². The van der Waals surface area contributed by atoms with Crippen molar-refractivity contribution in [3.63, 3.8) is 0 Å². The van der Waals surface area contributed by atoms with E-state index in [9.17, 15) is 4.79 Å². The molecule has 0 aliphatic carbocycles. The fraction of sp³-hybridized carbons (Fsp3) is 0.238. The Labute approximate surface area is 159 Å². The van der Waals surface area contributed by atoms with Gasteiger partial charge in [-0.3, -0.25) is 4.79 Å². The molecule has 27 heavy (non-hydrogen) atoms. The quantitative estimate of drug-likeness (QED) is 0.635. The molecule has 0 saturated carbocycles. The maximum Gasteiger partial charge on any atom is 0.249 e. The van der Waals surface area contributed by atoms with Gasteiger partial charge in [-0.2, -0.15) is 10.1 Å². The van der Waals surface area contributed by atoms with Gasteiger partial charge in [-0.25, -0.2) is 0 Å². The zero-order valence-corrected chi connectivity index (χ0v) is 15.8. The summed E-state index contributed by atoms with van der Waals surface area (Å²) >= 11 is 0. The Bertz CT molecular complexity index is 911. The molecule has 0 bridgehead atoms. The van der Waals surface area contributed by atoms with Crippen LogP contribution < -0.4 is 10.2 Å². The van der Waals surface area contributed by atoms with Gasteiger partial charge in [-0.1, -0.05) is 42.5 Å². The van der Waals surface area contributed by atoms with Crippen LogP contribution in [-0.4, -0.2) is 27.0 Å². The minimum atomic E-state index is 0.0142. The van der Waals surface area contributed by atoms with Gasteiger partial charge in [-0.05, 0) is 38.5 Å². The summed E-state index contributed by atoms with van der Waals surface area (Å²) in [5.74, 6) is 1.15. The average molecular weight is 361 g/mol. The van der Waals surface area contributed by atoms with Crippen LogP contribution in [0.5, 0.6) is 0 Å². The van der Waals surface area contributed by atoms with E-state index in [2.05, 4.69) is 51.4 Å². The summed E-state index contributed by atoms with van der Waals surface area (Å²) < 4.78 is 0. The second-order valence-corrected chi connectivity index (χ2v) is 6.61. The molecule has 0 fully saturated rings. The molecule has 0 saturated heterocycles. The molecule has 6 heteroatoms. The van der Waals surface area contributed by atoms with E-state index in [0.717, 1.165) is 18.1 Å². The topological polar surface area (TPSA) is 71.0 Å². The minimum absolute atomic E-state index is 0.0142. The lowest BCUT2D eigenvalue weighted by Gasteiger charge is -2.27. The van der Waals surface area contributed by atoms with Crippen LogP contribution in [0.2, 0.25) is 0 Å². The zero-order valence-electron chi connectivity index (χ0n) is 15.8. The van der Waals surface area contributed by atoms with E-state index in [1.54, 1.807) is 25.3 Å². The van der Waals surface area contributed by atoms with Gasteiger partial charge in [0.25, 0.3) is 0 Å². The Hall–Kier alpha value is -3.28. The molecule has 0 aliphatic heterocycles. The summed E-state index contributed by atoms with van der Waals surface area (Å²) in [5, 5.41) is 11.3. The predicted molar refractivity (Wildman–Crippen MR) is 107 cm³/mol. The first kappa shape index (κ1) is 18.5. The summed E-state index contributed by atoms with van der Waals surface area (Å²) in [6.45, 7) is 6.52. The highest BCUT2D eigenvalue weighted by atomic mass is 16.1. The van der Waals surface area contributed by atoms with Crippen molar-refractivity contribution >= 4 is 23.2 Å². The van der Waals surface area contributed by atoms with E-state index >= 15 is 0 Å². The van der Waals surface area contributed by atoms with Crippen LogP contribution in [-0.2, 0) is 6.54 Å². The van der Waals surface area contributed by atoms with Crippen LogP contribution in [0, 0.1) is 0 Å². The maximum absolute atomic E-state index is 11.6. The molecule has 138 valence electrons. The molecule has 0 aliphatic rings. The molecule has 0 atom stereocenters. The number of anilines is 3. The Morgan fingerprint density at radius 3 is 2.59 bits per heavy atom. The van der Waals surface area contributed by atoms with Crippen LogP contribution >= 0.6 is 0 Å². The SMILES string of the molecule is CC(=O)c1cccc(Nc2nncc(N(Cc3ccccc3)C(C)C)n2)c1. The highest BCUT2D eigenvalue weighted by molar-refractivity contribution is 5.95. The molecule has 2 aromatic carbocycles. The Morgan fingerprint density at radius 1 is 1.11 bits per heavy atom. The number of carbonyl (C=O) groups is 1. The minimum Gasteiger partial charge on any atom is -0.348 e. The fourth-order valence-corrected chi connectivity index (χ4v) is 2.74. The number of rotatable bonds is 7. The highest BCUT2D eigenvalue weighted by Gasteiger charge is 2.14. The van der Waals surface area contributed by atoms with Crippen molar-refractivity contribution in [2.45, 2.75) is 33.4 Å². The maximum atomic E-state index is 11.6. The number of benzene rings is 2. The summed E-state index contributed by atoms with van der Waals surface area (Å²) in [6, 6.07) is 17.8.